The predicted octanol–water partition coefficient (Wildman–Crippen LogP) is 1.77. The van der Waals surface area contributed by atoms with Crippen LogP contribution in [0, 0.1) is 0 Å². The third-order valence-corrected chi connectivity index (χ3v) is 4.20. The van der Waals surface area contributed by atoms with Gasteiger partial charge in [-0.1, -0.05) is 18.6 Å². The van der Waals surface area contributed by atoms with E-state index in [1.807, 2.05) is 19.2 Å². The lowest BCUT2D eigenvalue weighted by Crippen LogP contribution is -2.40. The second-order valence-corrected chi connectivity index (χ2v) is 5.72. The molecule has 1 atom stereocenters. The Kier molecular flexibility index (Phi) is 4.15. The number of piperidine rings is 1. The lowest BCUT2D eigenvalue weighted by Gasteiger charge is -2.32. The molecule has 1 unspecified atom stereocenters. The van der Waals surface area contributed by atoms with Crippen LogP contribution in [0.3, 0.4) is 0 Å². The minimum atomic E-state index is 0.624. The number of aryl methyl sites for hydroxylation is 1. The van der Waals surface area contributed by atoms with Crippen LogP contribution in [-0.4, -0.2) is 51.3 Å². The summed E-state index contributed by atoms with van der Waals surface area (Å²) in [6, 6.07) is 8.89. The Morgan fingerprint density at radius 3 is 2.95 bits per heavy atom. The van der Waals surface area contributed by atoms with E-state index in [1.165, 1.54) is 25.8 Å². The normalized spacial score (nSPS) is 19.6. The van der Waals surface area contributed by atoms with Crippen LogP contribution in [0.4, 0.5) is 5.69 Å². The van der Waals surface area contributed by atoms with E-state index >= 15 is 0 Å². The number of tetrazole rings is 1. The van der Waals surface area contributed by atoms with E-state index in [-0.39, 0.29) is 0 Å². The first kappa shape index (κ1) is 14.0. The van der Waals surface area contributed by atoms with Crippen molar-refractivity contribution in [3.05, 3.63) is 24.3 Å². The van der Waals surface area contributed by atoms with E-state index in [2.05, 4.69) is 44.9 Å². The number of hydrogen-bond acceptors (Lipinski definition) is 5. The zero-order valence-corrected chi connectivity index (χ0v) is 12.7. The minimum Gasteiger partial charge on any atom is -0.383 e. The molecule has 3 rings (SSSR count). The highest BCUT2D eigenvalue weighted by Crippen LogP contribution is 2.21. The maximum absolute atomic E-state index is 4.06. The second kappa shape index (κ2) is 6.22. The van der Waals surface area contributed by atoms with Crippen LogP contribution in [0.5, 0.6) is 0 Å². The van der Waals surface area contributed by atoms with Crippen molar-refractivity contribution in [1.82, 2.24) is 25.1 Å². The van der Waals surface area contributed by atoms with Gasteiger partial charge in [-0.15, -0.1) is 5.10 Å². The van der Waals surface area contributed by atoms with E-state index in [9.17, 15) is 0 Å². The number of nitrogens with one attached hydrogen (secondary N) is 1. The molecule has 1 fully saturated rings. The largest absolute Gasteiger partial charge is 0.383 e. The number of nitrogens with zero attached hydrogens (tertiary/aromatic N) is 5. The summed E-state index contributed by atoms with van der Waals surface area (Å²) in [5.74, 6) is 0.786. The fourth-order valence-electron chi connectivity index (χ4n) is 2.88. The summed E-state index contributed by atoms with van der Waals surface area (Å²) in [7, 11) is 4.07. The topological polar surface area (TPSA) is 58.9 Å². The van der Waals surface area contributed by atoms with E-state index in [0.29, 0.717) is 6.04 Å². The van der Waals surface area contributed by atoms with Crippen LogP contribution in [-0.2, 0) is 7.05 Å². The number of likely N-dealkylation sites (N-methyl/N-ethyl adjacent to an activating group) is 1. The van der Waals surface area contributed by atoms with Crippen molar-refractivity contribution in [2.24, 2.45) is 7.05 Å². The van der Waals surface area contributed by atoms with Gasteiger partial charge in [-0.25, -0.2) is 4.68 Å². The summed E-state index contributed by atoms with van der Waals surface area (Å²) >= 11 is 0. The molecule has 1 aliphatic rings. The number of aromatic nitrogens is 4. The average molecular weight is 286 g/mol. The van der Waals surface area contributed by atoms with Crippen LogP contribution in [0.25, 0.3) is 11.4 Å². The molecule has 0 spiro atoms. The molecule has 0 amide bonds. The minimum absolute atomic E-state index is 0.624. The van der Waals surface area contributed by atoms with Gasteiger partial charge in [0.15, 0.2) is 5.82 Å². The summed E-state index contributed by atoms with van der Waals surface area (Å²) in [5.41, 5.74) is 2.15. The third-order valence-electron chi connectivity index (χ3n) is 4.20. The molecule has 1 saturated heterocycles. The zero-order chi connectivity index (χ0) is 14.7. The molecule has 1 N–H and O–H groups in total. The Balaban J connectivity index is 1.68. The van der Waals surface area contributed by atoms with Crippen molar-refractivity contribution in [1.29, 1.82) is 0 Å². The summed E-state index contributed by atoms with van der Waals surface area (Å²) in [6.07, 6.45) is 3.93. The molecule has 0 saturated carbocycles. The summed E-state index contributed by atoms with van der Waals surface area (Å²) in [4.78, 5) is 2.45. The first-order valence-corrected chi connectivity index (χ1v) is 7.51. The first-order chi connectivity index (χ1) is 10.2. The number of hydrogen-bond donors (Lipinski definition) is 1. The second-order valence-electron chi connectivity index (χ2n) is 5.72. The lowest BCUT2D eigenvalue weighted by molar-refractivity contribution is 0.194. The number of likely N-dealkylation sites (tertiary alicyclic amines) is 1. The summed E-state index contributed by atoms with van der Waals surface area (Å²) in [6.45, 7) is 2.19. The Morgan fingerprint density at radius 1 is 1.29 bits per heavy atom. The molecule has 2 aromatic rings. The maximum Gasteiger partial charge on any atom is 0.181 e. The van der Waals surface area contributed by atoms with E-state index in [1.54, 1.807) is 4.68 Å². The van der Waals surface area contributed by atoms with Crippen molar-refractivity contribution < 1.29 is 0 Å². The van der Waals surface area contributed by atoms with Crippen molar-refractivity contribution >= 4 is 5.69 Å². The molecule has 2 heterocycles. The Bertz CT molecular complexity index is 593. The Hall–Kier alpha value is -1.95. The average Bonchev–Trinajstić information content (AvgIpc) is 2.93. The highest BCUT2D eigenvalue weighted by Gasteiger charge is 2.18. The number of benzene rings is 1. The number of rotatable bonds is 4. The molecular weight excluding hydrogens is 264 g/mol. The molecule has 1 aliphatic heterocycles. The summed E-state index contributed by atoms with van der Waals surface area (Å²) < 4.78 is 1.69. The fraction of sp³-hybridized carbons (Fsp3) is 0.533. The van der Waals surface area contributed by atoms with Crippen molar-refractivity contribution in [2.75, 3.05) is 25.5 Å². The predicted molar refractivity (Wildman–Crippen MR) is 83.0 cm³/mol. The van der Waals surface area contributed by atoms with Gasteiger partial charge in [-0.3, -0.25) is 0 Å². The molecule has 21 heavy (non-hydrogen) atoms. The van der Waals surface area contributed by atoms with E-state index in [4.69, 9.17) is 0 Å². The Labute approximate surface area is 125 Å². The monoisotopic (exact) mass is 286 g/mol. The highest BCUT2D eigenvalue weighted by atomic mass is 15.5. The SMILES string of the molecule is CN1CCCCC1CNc1cccc(-c2nnnn2C)c1. The molecular formula is C15H22N6. The fourth-order valence-corrected chi connectivity index (χ4v) is 2.88. The molecule has 0 radical (unpaired) electrons. The standard InChI is InChI=1S/C15H22N6/c1-20-9-4-3-8-14(20)11-16-13-7-5-6-12(10-13)15-17-18-19-21(15)2/h5-7,10,14,16H,3-4,8-9,11H2,1-2H3. The van der Waals surface area contributed by atoms with Crippen LogP contribution in [0.2, 0.25) is 0 Å². The smallest absolute Gasteiger partial charge is 0.181 e. The van der Waals surface area contributed by atoms with Gasteiger partial charge in [0.1, 0.15) is 0 Å². The molecule has 1 aromatic heterocycles. The van der Waals surface area contributed by atoms with Gasteiger partial charge in [0, 0.05) is 30.9 Å². The molecule has 1 aromatic carbocycles. The summed E-state index contributed by atoms with van der Waals surface area (Å²) in [5, 5.41) is 15.2. The van der Waals surface area contributed by atoms with E-state index < -0.39 is 0 Å². The highest BCUT2D eigenvalue weighted by molar-refractivity contribution is 5.62. The van der Waals surface area contributed by atoms with Crippen molar-refractivity contribution in [2.45, 2.75) is 25.3 Å². The maximum atomic E-state index is 4.06. The van der Waals surface area contributed by atoms with Gasteiger partial charge in [0.05, 0.1) is 0 Å². The van der Waals surface area contributed by atoms with Crippen LogP contribution >= 0.6 is 0 Å². The van der Waals surface area contributed by atoms with Gasteiger partial charge in [0.25, 0.3) is 0 Å². The quantitative estimate of drug-likeness (QED) is 0.928. The third kappa shape index (κ3) is 3.21. The van der Waals surface area contributed by atoms with Crippen molar-refractivity contribution in [3.63, 3.8) is 0 Å². The van der Waals surface area contributed by atoms with Crippen LogP contribution in [0.1, 0.15) is 19.3 Å². The molecule has 0 aliphatic carbocycles. The van der Waals surface area contributed by atoms with Crippen LogP contribution in [0.15, 0.2) is 24.3 Å². The molecule has 6 heteroatoms. The van der Waals surface area contributed by atoms with Gasteiger partial charge in [-0.05, 0) is 49.0 Å². The number of anilines is 1. The van der Waals surface area contributed by atoms with Crippen LogP contribution < -0.4 is 5.32 Å². The van der Waals surface area contributed by atoms with Gasteiger partial charge in [-0.2, -0.15) is 0 Å². The molecule has 6 nitrogen and oxygen atoms in total. The lowest BCUT2D eigenvalue weighted by atomic mass is 10.0. The van der Waals surface area contributed by atoms with Gasteiger partial charge < -0.3 is 10.2 Å². The Morgan fingerprint density at radius 2 is 2.19 bits per heavy atom. The van der Waals surface area contributed by atoms with Gasteiger partial charge >= 0.3 is 0 Å². The van der Waals surface area contributed by atoms with Crippen molar-refractivity contribution in [3.8, 4) is 11.4 Å². The van der Waals surface area contributed by atoms with Gasteiger partial charge in [0.2, 0.25) is 0 Å². The first-order valence-electron chi connectivity index (χ1n) is 7.51. The van der Waals surface area contributed by atoms with E-state index in [0.717, 1.165) is 23.6 Å². The molecule has 112 valence electrons. The zero-order valence-electron chi connectivity index (χ0n) is 12.7. The molecule has 0 bridgehead atoms.